The second-order valence-electron chi connectivity index (χ2n) is 7.27. The average Bonchev–Trinajstić information content (AvgIpc) is 3.37. The lowest BCUT2D eigenvalue weighted by molar-refractivity contribution is 0.0601. The molecule has 8 heteroatoms. The van der Waals surface area contributed by atoms with Crippen molar-refractivity contribution in [3.05, 3.63) is 60.0 Å². The molecule has 160 valence electrons. The van der Waals surface area contributed by atoms with Crippen LogP contribution in [0.1, 0.15) is 29.9 Å². The number of nitrogens with zero attached hydrogens (tertiary/aromatic N) is 6. The van der Waals surface area contributed by atoms with E-state index < -0.39 is 0 Å². The van der Waals surface area contributed by atoms with Gasteiger partial charge in [-0.25, -0.2) is 14.8 Å². The van der Waals surface area contributed by atoms with Crippen LogP contribution in [0.25, 0.3) is 22.4 Å². The first-order valence-corrected chi connectivity index (χ1v) is 10.3. The molecule has 31 heavy (non-hydrogen) atoms. The molecule has 0 aliphatic rings. The molecule has 4 aromatic rings. The number of benzene rings is 1. The van der Waals surface area contributed by atoms with Crippen LogP contribution < -0.4 is 4.90 Å². The summed E-state index contributed by atoms with van der Waals surface area (Å²) in [7, 11) is 3.27. The molecule has 0 spiro atoms. The fourth-order valence-corrected chi connectivity index (χ4v) is 3.72. The minimum Gasteiger partial charge on any atom is -0.465 e. The highest BCUT2D eigenvalue weighted by Gasteiger charge is 2.17. The number of pyridine rings is 1. The first kappa shape index (κ1) is 20.6. The van der Waals surface area contributed by atoms with Crippen LogP contribution in [0, 0.1) is 0 Å². The maximum absolute atomic E-state index is 12.0. The smallest absolute Gasteiger partial charge is 0.337 e. The van der Waals surface area contributed by atoms with E-state index in [0.29, 0.717) is 12.1 Å². The van der Waals surface area contributed by atoms with Gasteiger partial charge in [0, 0.05) is 38.1 Å². The Labute approximate surface area is 181 Å². The Hall–Kier alpha value is -3.68. The van der Waals surface area contributed by atoms with Crippen molar-refractivity contribution in [2.45, 2.75) is 20.4 Å². The molecule has 0 atom stereocenters. The van der Waals surface area contributed by atoms with E-state index in [9.17, 15) is 4.79 Å². The molecule has 0 saturated heterocycles. The molecule has 0 aliphatic carbocycles. The molecule has 3 aromatic heterocycles. The van der Waals surface area contributed by atoms with Crippen molar-refractivity contribution in [2.24, 2.45) is 7.05 Å². The van der Waals surface area contributed by atoms with Gasteiger partial charge in [0.15, 0.2) is 0 Å². The molecule has 0 radical (unpaired) electrons. The van der Waals surface area contributed by atoms with E-state index in [1.54, 1.807) is 16.8 Å². The predicted molar refractivity (Wildman–Crippen MR) is 120 cm³/mol. The van der Waals surface area contributed by atoms with Crippen LogP contribution in [0.2, 0.25) is 0 Å². The van der Waals surface area contributed by atoms with Gasteiger partial charge < -0.3 is 14.2 Å². The largest absolute Gasteiger partial charge is 0.465 e. The van der Waals surface area contributed by atoms with Gasteiger partial charge in [0.1, 0.15) is 11.6 Å². The second kappa shape index (κ2) is 8.59. The SMILES string of the molecule is CCN(CC)c1ccc(-c2nc3cc(C(=O)OC)ccc3n2Cc2ccn(C)n2)cn1. The Morgan fingerprint density at radius 1 is 1.13 bits per heavy atom. The van der Waals surface area contributed by atoms with E-state index in [-0.39, 0.29) is 5.97 Å². The zero-order valence-corrected chi connectivity index (χ0v) is 18.2. The molecule has 3 heterocycles. The van der Waals surface area contributed by atoms with Crippen LogP contribution in [0.15, 0.2) is 48.8 Å². The van der Waals surface area contributed by atoms with Gasteiger partial charge in [0.2, 0.25) is 0 Å². The highest BCUT2D eigenvalue weighted by atomic mass is 16.5. The Bertz CT molecular complexity index is 1200. The number of rotatable bonds is 7. The second-order valence-corrected chi connectivity index (χ2v) is 7.27. The molecule has 0 unspecified atom stereocenters. The van der Waals surface area contributed by atoms with Gasteiger partial charge in [-0.3, -0.25) is 4.68 Å². The van der Waals surface area contributed by atoms with Crippen LogP contribution >= 0.6 is 0 Å². The summed E-state index contributed by atoms with van der Waals surface area (Å²) in [6.07, 6.45) is 3.77. The summed E-state index contributed by atoms with van der Waals surface area (Å²) < 4.78 is 8.75. The van der Waals surface area contributed by atoms with Crippen molar-refractivity contribution in [2.75, 3.05) is 25.1 Å². The van der Waals surface area contributed by atoms with Gasteiger partial charge in [0.05, 0.1) is 35.9 Å². The fourth-order valence-electron chi connectivity index (χ4n) is 3.72. The summed E-state index contributed by atoms with van der Waals surface area (Å²) in [6.45, 7) is 6.59. The quantitative estimate of drug-likeness (QED) is 0.428. The summed E-state index contributed by atoms with van der Waals surface area (Å²) in [5.41, 5.74) is 3.94. The molecular weight excluding hydrogens is 392 g/mol. The number of carbonyl (C=O) groups is 1. The van der Waals surface area contributed by atoms with Gasteiger partial charge in [-0.05, 0) is 50.2 Å². The Kier molecular flexibility index (Phi) is 5.70. The Morgan fingerprint density at radius 3 is 2.55 bits per heavy atom. The summed E-state index contributed by atoms with van der Waals surface area (Å²) in [6, 6.07) is 11.5. The summed E-state index contributed by atoms with van der Waals surface area (Å²) in [4.78, 5) is 23.7. The van der Waals surface area contributed by atoms with Crippen LogP contribution in [-0.4, -0.2) is 50.5 Å². The number of aromatic nitrogens is 5. The molecule has 0 N–H and O–H groups in total. The first-order valence-electron chi connectivity index (χ1n) is 10.3. The van der Waals surface area contributed by atoms with Crippen molar-refractivity contribution in [3.8, 4) is 11.4 Å². The minimum absolute atomic E-state index is 0.382. The van der Waals surface area contributed by atoms with Gasteiger partial charge in [-0.15, -0.1) is 0 Å². The molecule has 0 amide bonds. The van der Waals surface area contributed by atoms with Gasteiger partial charge in [-0.2, -0.15) is 5.10 Å². The monoisotopic (exact) mass is 418 g/mol. The molecule has 0 saturated carbocycles. The number of imidazole rings is 1. The Balaban J connectivity index is 1.82. The van der Waals surface area contributed by atoms with Gasteiger partial charge in [-0.1, -0.05) is 0 Å². The van der Waals surface area contributed by atoms with Crippen molar-refractivity contribution < 1.29 is 9.53 Å². The van der Waals surface area contributed by atoms with E-state index in [0.717, 1.165) is 47.0 Å². The number of ether oxygens (including phenoxy) is 1. The van der Waals surface area contributed by atoms with E-state index in [2.05, 4.69) is 33.4 Å². The number of carbonyl (C=O) groups excluding carboxylic acids is 1. The van der Waals surface area contributed by atoms with Crippen molar-refractivity contribution in [3.63, 3.8) is 0 Å². The van der Waals surface area contributed by atoms with Gasteiger partial charge in [0.25, 0.3) is 0 Å². The molecule has 0 fully saturated rings. The lowest BCUT2D eigenvalue weighted by Gasteiger charge is -2.19. The van der Waals surface area contributed by atoms with E-state index in [4.69, 9.17) is 9.72 Å². The zero-order valence-electron chi connectivity index (χ0n) is 18.2. The highest BCUT2D eigenvalue weighted by Crippen LogP contribution is 2.27. The molecule has 8 nitrogen and oxygen atoms in total. The van der Waals surface area contributed by atoms with Crippen LogP contribution in [0.5, 0.6) is 0 Å². The van der Waals surface area contributed by atoms with E-state index in [1.165, 1.54) is 7.11 Å². The third-order valence-corrected chi connectivity index (χ3v) is 5.35. The number of anilines is 1. The average molecular weight is 419 g/mol. The third-order valence-electron chi connectivity index (χ3n) is 5.35. The fraction of sp³-hybridized carbons (Fsp3) is 0.304. The first-order chi connectivity index (χ1) is 15.0. The lowest BCUT2D eigenvalue weighted by atomic mass is 10.2. The summed E-state index contributed by atoms with van der Waals surface area (Å²) in [5, 5.41) is 4.52. The third kappa shape index (κ3) is 4.01. The number of aryl methyl sites for hydroxylation is 1. The van der Waals surface area contributed by atoms with Crippen LogP contribution in [0.3, 0.4) is 0 Å². The standard InChI is InChI=1S/C23H26N6O2/c1-5-28(6-2)21-10-8-17(14-24-21)22-25-19-13-16(23(30)31-4)7-9-20(19)29(22)15-18-11-12-27(3)26-18/h7-14H,5-6,15H2,1-4H3. The minimum atomic E-state index is -0.382. The molecule has 0 aliphatic heterocycles. The van der Waals surface area contributed by atoms with E-state index in [1.807, 2.05) is 43.7 Å². The zero-order chi connectivity index (χ0) is 22.0. The highest BCUT2D eigenvalue weighted by molar-refractivity contribution is 5.94. The normalized spacial score (nSPS) is 11.1. The number of hydrogen-bond donors (Lipinski definition) is 0. The number of methoxy groups -OCH3 is 1. The topological polar surface area (TPSA) is 78.1 Å². The van der Waals surface area contributed by atoms with Crippen LogP contribution in [-0.2, 0) is 18.3 Å². The summed E-state index contributed by atoms with van der Waals surface area (Å²) >= 11 is 0. The number of esters is 1. The van der Waals surface area contributed by atoms with Crippen molar-refractivity contribution >= 4 is 22.8 Å². The van der Waals surface area contributed by atoms with Crippen molar-refractivity contribution in [1.82, 2.24) is 24.3 Å². The van der Waals surface area contributed by atoms with Crippen LogP contribution in [0.4, 0.5) is 5.82 Å². The maximum Gasteiger partial charge on any atom is 0.337 e. The maximum atomic E-state index is 12.0. The summed E-state index contributed by atoms with van der Waals surface area (Å²) in [5.74, 6) is 1.34. The van der Waals surface area contributed by atoms with Gasteiger partial charge >= 0.3 is 5.97 Å². The molecule has 1 aromatic carbocycles. The number of fused-ring (bicyclic) bond motifs is 1. The Morgan fingerprint density at radius 2 is 1.94 bits per heavy atom. The molecular formula is C23H26N6O2. The van der Waals surface area contributed by atoms with E-state index >= 15 is 0 Å². The molecule has 0 bridgehead atoms. The molecule has 4 rings (SSSR count). The predicted octanol–water partition coefficient (Wildman–Crippen LogP) is 3.51. The lowest BCUT2D eigenvalue weighted by Crippen LogP contribution is -2.22. The van der Waals surface area contributed by atoms with Crippen molar-refractivity contribution in [1.29, 1.82) is 0 Å². The number of hydrogen-bond acceptors (Lipinski definition) is 6.